The lowest BCUT2D eigenvalue weighted by Crippen LogP contribution is -2.50. The third kappa shape index (κ3) is 4.40. The van der Waals surface area contributed by atoms with Crippen LogP contribution < -0.4 is 21.3 Å². The van der Waals surface area contributed by atoms with Crippen molar-refractivity contribution in [1.82, 2.24) is 10.3 Å². The number of amidine groups is 1. The number of aliphatic imine (C=N–C) groups is 1. The van der Waals surface area contributed by atoms with Crippen LogP contribution in [0.4, 0.5) is 17.2 Å². The standard InChI is InChI=1S/C19H26ClN7O/c1-4-22-16-15-12(20)9-23-17(15)27-18(26-16)25-14-7-5-6-13(11(14)8-21)24-10-19(2,3)28/h5-9,18,21,23-25,27-28H,4,10H2,1-3H3,(H,22,26). The van der Waals surface area contributed by atoms with Crippen LogP contribution in [0.15, 0.2) is 29.4 Å². The van der Waals surface area contributed by atoms with Crippen LogP contribution in [0.3, 0.4) is 0 Å². The maximum absolute atomic E-state index is 9.96. The number of aliphatic hydroxyl groups is 1. The molecule has 2 aromatic rings. The monoisotopic (exact) mass is 403 g/mol. The Morgan fingerprint density at radius 1 is 1.32 bits per heavy atom. The van der Waals surface area contributed by atoms with Gasteiger partial charge in [0.15, 0.2) is 6.29 Å². The lowest BCUT2D eigenvalue weighted by molar-refractivity contribution is 0.0945. The summed E-state index contributed by atoms with van der Waals surface area (Å²) in [5.41, 5.74) is 2.18. The molecular weight excluding hydrogens is 378 g/mol. The Morgan fingerprint density at radius 2 is 2.07 bits per heavy atom. The molecule has 0 spiro atoms. The topological polar surface area (TPSA) is 120 Å². The molecule has 150 valence electrons. The van der Waals surface area contributed by atoms with Gasteiger partial charge in [0.2, 0.25) is 0 Å². The van der Waals surface area contributed by atoms with Gasteiger partial charge in [-0.3, -0.25) is 4.99 Å². The summed E-state index contributed by atoms with van der Waals surface area (Å²) in [5.74, 6) is 1.48. The van der Waals surface area contributed by atoms with E-state index in [1.165, 1.54) is 6.21 Å². The average molecular weight is 404 g/mol. The van der Waals surface area contributed by atoms with Gasteiger partial charge in [0.25, 0.3) is 0 Å². The number of fused-ring (bicyclic) bond motifs is 1. The molecule has 1 aromatic carbocycles. The maximum Gasteiger partial charge on any atom is 0.176 e. The van der Waals surface area contributed by atoms with Crippen LogP contribution in [0.5, 0.6) is 0 Å². The van der Waals surface area contributed by atoms with Crippen molar-refractivity contribution in [3.05, 3.63) is 40.5 Å². The molecule has 0 aliphatic carbocycles. The van der Waals surface area contributed by atoms with Crippen molar-refractivity contribution < 1.29 is 5.11 Å². The molecule has 0 bridgehead atoms. The second kappa shape index (κ2) is 8.12. The first-order valence-corrected chi connectivity index (χ1v) is 9.51. The molecule has 0 amide bonds. The van der Waals surface area contributed by atoms with E-state index in [1.54, 1.807) is 20.0 Å². The third-order valence-corrected chi connectivity index (χ3v) is 4.51. The second-order valence-electron chi connectivity index (χ2n) is 7.15. The summed E-state index contributed by atoms with van der Waals surface area (Å²) in [5, 5.41) is 31.6. The number of nitrogens with zero attached hydrogens (tertiary/aromatic N) is 1. The molecule has 0 fully saturated rings. The Kier molecular flexibility index (Phi) is 5.81. The van der Waals surface area contributed by atoms with Gasteiger partial charge in [-0.2, -0.15) is 0 Å². The molecule has 1 aromatic heterocycles. The van der Waals surface area contributed by atoms with Gasteiger partial charge in [-0.15, -0.1) is 0 Å². The minimum atomic E-state index is -0.857. The predicted molar refractivity (Wildman–Crippen MR) is 116 cm³/mol. The van der Waals surface area contributed by atoms with E-state index in [0.717, 1.165) is 22.8 Å². The van der Waals surface area contributed by atoms with Gasteiger partial charge in [-0.25, -0.2) is 0 Å². The van der Waals surface area contributed by atoms with E-state index in [1.807, 2.05) is 25.1 Å². The van der Waals surface area contributed by atoms with Crippen molar-refractivity contribution in [3.63, 3.8) is 0 Å². The van der Waals surface area contributed by atoms with Gasteiger partial charge >= 0.3 is 0 Å². The van der Waals surface area contributed by atoms with Crippen molar-refractivity contribution >= 4 is 40.8 Å². The number of aromatic nitrogens is 1. The Balaban J connectivity index is 1.84. The SMILES string of the molecule is CCN=C1NC(Nc2cccc(NCC(C)(C)O)c2C=N)Nc2[nH]cc(Cl)c21. The van der Waals surface area contributed by atoms with Crippen LogP contribution in [0.1, 0.15) is 31.9 Å². The molecule has 28 heavy (non-hydrogen) atoms. The largest absolute Gasteiger partial charge is 0.389 e. The first-order chi connectivity index (χ1) is 13.3. The average Bonchev–Trinajstić information content (AvgIpc) is 3.01. The number of hydrogen-bond acceptors (Lipinski definition) is 6. The zero-order chi connectivity index (χ0) is 20.3. The number of anilines is 3. The lowest BCUT2D eigenvalue weighted by Gasteiger charge is -2.30. The maximum atomic E-state index is 9.96. The van der Waals surface area contributed by atoms with Gasteiger partial charge < -0.3 is 36.8 Å². The zero-order valence-electron chi connectivity index (χ0n) is 16.2. The van der Waals surface area contributed by atoms with Crippen LogP contribution in [0, 0.1) is 5.41 Å². The number of halogens is 1. The minimum Gasteiger partial charge on any atom is -0.389 e. The van der Waals surface area contributed by atoms with Gasteiger partial charge in [0, 0.05) is 42.4 Å². The number of nitrogens with one attached hydrogen (secondary N) is 6. The van der Waals surface area contributed by atoms with Crippen molar-refractivity contribution in [2.45, 2.75) is 32.7 Å². The molecule has 0 saturated carbocycles. The highest BCUT2D eigenvalue weighted by atomic mass is 35.5. The molecule has 0 radical (unpaired) electrons. The summed E-state index contributed by atoms with van der Waals surface area (Å²) in [6.07, 6.45) is 2.66. The van der Waals surface area contributed by atoms with Crippen LogP contribution in [-0.4, -0.2) is 47.1 Å². The van der Waals surface area contributed by atoms with Gasteiger partial charge in [-0.1, -0.05) is 17.7 Å². The molecule has 9 heteroatoms. The molecule has 1 atom stereocenters. The molecule has 0 saturated heterocycles. The van der Waals surface area contributed by atoms with Crippen LogP contribution in [0.2, 0.25) is 5.02 Å². The molecule has 1 aliphatic rings. The first kappa shape index (κ1) is 20.0. The second-order valence-corrected chi connectivity index (χ2v) is 7.56. The number of hydrogen-bond donors (Lipinski definition) is 7. The summed E-state index contributed by atoms with van der Waals surface area (Å²) in [7, 11) is 0. The Morgan fingerprint density at radius 3 is 2.75 bits per heavy atom. The summed E-state index contributed by atoms with van der Waals surface area (Å²) >= 11 is 6.27. The highest BCUT2D eigenvalue weighted by molar-refractivity contribution is 6.35. The fraction of sp³-hybridized carbons (Fsp3) is 0.368. The van der Waals surface area contributed by atoms with Crippen LogP contribution >= 0.6 is 11.6 Å². The van der Waals surface area contributed by atoms with Crippen LogP contribution in [-0.2, 0) is 0 Å². The molecule has 8 nitrogen and oxygen atoms in total. The lowest BCUT2D eigenvalue weighted by atomic mass is 10.1. The van der Waals surface area contributed by atoms with Gasteiger partial charge in [-0.05, 0) is 32.9 Å². The highest BCUT2D eigenvalue weighted by Gasteiger charge is 2.26. The van der Waals surface area contributed by atoms with Crippen molar-refractivity contribution in [2.24, 2.45) is 4.99 Å². The Hall–Kier alpha value is -2.71. The van der Waals surface area contributed by atoms with Crippen molar-refractivity contribution in [1.29, 1.82) is 5.41 Å². The fourth-order valence-corrected chi connectivity index (χ4v) is 3.20. The summed E-state index contributed by atoms with van der Waals surface area (Å²) in [4.78, 5) is 7.62. The van der Waals surface area contributed by atoms with E-state index in [-0.39, 0.29) is 6.29 Å². The minimum absolute atomic E-state index is 0.351. The van der Waals surface area contributed by atoms with E-state index in [0.29, 0.717) is 29.5 Å². The molecule has 3 rings (SSSR count). The third-order valence-electron chi connectivity index (χ3n) is 4.22. The number of H-pyrrole nitrogens is 1. The molecule has 1 aliphatic heterocycles. The van der Waals surface area contributed by atoms with Crippen LogP contribution in [0.25, 0.3) is 0 Å². The molecular formula is C19H26ClN7O. The number of rotatable bonds is 7. The summed E-state index contributed by atoms with van der Waals surface area (Å²) < 4.78 is 0. The molecule has 1 unspecified atom stereocenters. The molecule has 7 N–H and O–H groups in total. The summed E-state index contributed by atoms with van der Waals surface area (Å²) in [6, 6.07) is 5.67. The van der Waals surface area contributed by atoms with Gasteiger partial charge in [0.1, 0.15) is 11.7 Å². The fourth-order valence-electron chi connectivity index (χ4n) is 2.96. The Labute approximate surface area is 169 Å². The van der Waals surface area contributed by atoms with E-state index in [9.17, 15) is 5.11 Å². The number of benzene rings is 1. The van der Waals surface area contributed by atoms with Crippen molar-refractivity contribution in [3.8, 4) is 0 Å². The van der Waals surface area contributed by atoms with Crippen molar-refractivity contribution in [2.75, 3.05) is 29.0 Å². The Bertz CT molecular complexity index is 885. The quantitative estimate of drug-likeness (QED) is 0.358. The first-order valence-electron chi connectivity index (χ1n) is 9.13. The zero-order valence-corrected chi connectivity index (χ0v) is 16.9. The summed E-state index contributed by atoms with van der Waals surface area (Å²) in [6.45, 7) is 6.42. The highest BCUT2D eigenvalue weighted by Crippen LogP contribution is 2.29. The predicted octanol–water partition coefficient (Wildman–Crippen LogP) is 3.03. The van der Waals surface area contributed by atoms with E-state index in [2.05, 4.69) is 31.2 Å². The normalized spacial score (nSPS) is 17.5. The molecule has 2 heterocycles. The van der Waals surface area contributed by atoms with E-state index < -0.39 is 5.60 Å². The van der Waals surface area contributed by atoms with Gasteiger partial charge in [0.05, 0.1) is 16.2 Å². The number of aromatic amines is 1. The van der Waals surface area contributed by atoms with E-state index in [4.69, 9.17) is 17.0 Å². The van der Waals surface area contributed by atoms with E-state index >= 15 is 0 Å². The smallest absolute Gasteiger partial charge is 0.176 e.